The molecule has 0 saturated carbocycles. The van der Waals surface area contributed by atoms with E-state index in [-0.39, 0.29) is 34.6 Å². The number of hydrogen-bond donors (Lipinski definition) is 1. The van der Waals surface area contributed by atoms with Crippen molar-refractivity contribution in [1.82, 2.24) is 4.90 Å². The van der Waals surface area contributed by atoms with Crippen LogP contribution in [0.3, 0.4) is 0 Å². The van der Waals surface area contributed by atoms with Crippen LogP contribution in [-0.4, -0.2) is 34.1 Å². The van der Waals surface area contributed by atoms with Crippen LogP contribution in [-0.2, 0) is 16.2 Å². The molecule has 0 spiro atoms. The van der Waals surface area contributed by atoms with Crippen LogP contribution in [0, 0.1) is 10.8 Å². The lowest BCUT2D eigenvalue weighted by Crippen LogP contribution is -2.44. The summed E-state index contributed by atoms with van der Waals surface area (Å²) in [5.74, 6) is -0.667. The van der Waals surface area contributed by atoms with E-state index in [1.807, 2.05) is 18.2 Å². The van der Waals surface area contributed by atoms with E-state index in [0.29, 0.717) is 18.6 Å². The van der Waals surface area contributed by atoms with Crippen molar-refractivity contribution in [1.29, 1.82) is 0 Å². The monoisotopic (exact) mass is 619 g/mol. The first-order valence-electron chi connectivity index (χ1n) is 14.3. The van der Waals surface area contributed by atoms with Crippen molar-refractivity contribution >= 4 is 33.5 Å². The molecular weight excluding hydrogens is 582 g/mol. The Kier molecular flexibility index (Phi) is 7.79. The van der Waals surface area contributed by atoms with E-state index in [1.165, 1.54) is 0 Å². The molecule has 216 valence electrons. The summed E-state index contributed by atoms with van der Waals surface area (Å²) in [4.78, 5) is 41.6. The molecule has 41 heavy (non-hydrogen) atoms. The largest absolute Gasteiger partial charge is 0.489 e. The van der Waals surface area contributed by atoms with Gasteiger partial charge in [-0.05, 0) is 66.0 Å². The maximum atomic E-state index is 14.0. The number of carbonyl (C=O) groups excluding carboxylic acids is 2. The van der Waals surface area contributed by atoms with E-state index in [2.05, 4.69) is 55.4 Å². The van der Waals surface area contributed by atoms with E-state index in [1.54, 1.807) is 24.3 Å². The molecule has 2 aromatic carbocycles. The molecule has 1 heterocycles. The van der Waals surface area contributed by atoms with Gasteiger partial charge in [0.1, 0.15) is 12.4 Å². The number of aromatic carboxylic acids is 1. The standard InChI is InChI=1S/C34H38BrNO5/c1-6-13-36-24-15-33(2,3)17-26(37)30(24)29(31-25(36)16-34(4,5)18-27(31)38)23-14-22(35)11-12-28(23)41-19-20-7-9-21(10-8-20)32(39)40/h7-12,14,29H,6,13,15-19H2,1-5H3,(H,39,40). The van der Waals surface area contributed by atoms with Crippen LogP contribution in [0.2, 0.25) is 0 Å². The fraction of sp³-hybridized carbons (Fsp3) is 0.441. The van der Waals surface area contributed by atoms with Crippen LogP contribution in [0.5, 0.6) is 5.75 Å². The normalized spacial score (nSPS) is 20.2. The summed E-state index contributed by atoms with van der Waals surface area (Å²) in [7, 11) is 0. The average Bonchev–Trinajstić information content (AvgIpc) is 2.87. The van der Waals surface area contributed by atoms with Gasteiger partial charge in [-0.1, -0.05) is 62.7 Å². The van der Waals surface area contributed by atoms with Gasteiger partial charge < -0.3 is 14.7 Å². The number of carboxylic acids is 1. The molecule has 6 nitrogen and oxygen atoms in total. The van der Waals surface area contributed by atoms with Crippen molar-refractivity contribution < 1.29 is 24.2 Å². The summed E-state index contributed by atoms with van der Waals surface area (Å²) in [6.07, 6.45) is 3.33. The number of nitrogens with zero attached hydrogens (tertiary/aromatic N) is 1. The molecule has 0 bridgehead atoms. The molecule has 2 aliphatic carbocycles. The number of rotatable bonds is 7. The maximum absolute atomic E-state index is 14.0. The Labute approximate surface area is 250 Å². The van der Waals surface area contributed by atoms with Crippen LogP contribution >= 0.6 is 15.9 Å². The predicted molar refractivity (Wildman–Crippen MR) is 162 cm³/mol. The second-order valence-corrected chi connectivity index (χ2v) is 14.1. The first-order valence-corrected chi connectivity index (χ1v) is 15.1. The zero-order valence-electron chi connectivity index (χ0n) is 24.5. The highest BCUT2D eigenvalue weighted by atomic mass is 79.9. The Balaban J connectivity index is 1.65. The van der Waals surface area contributed by atoms with Crippen LogP contribution in [0.25, 0.3) is 0 Å². The van der Waals surface area contributed by atoms with E-state index >= 15 is 0 Å². The summed E-state index contributed by atoms with van der Waals surface area (Å²) in [6.45, 7) is 11.7. The number of ketones is 2. The first-order chi connectivity index (χ1) is 19.3. The van der Waals surface area contributed by atoms with Gasteiger partial charge in [-0.3, -0.25) is 9.59 Å². The number of benzene rings is 2. The van der Waals surface area contributed by atoms with E-state index in [9.17, 15) is 19.5 Å². The van der Waals surface area contributed by atoms with Crippen molar-refractivity contribution in [3.63, 3.8) is 0 Å². The fourth-order valence-electron chi connectivity index (χ4n) is 6.63. The van der Waals surface area contributed by atoms with Crippen LogP contribution in [0.1, 0.15) is 94.1 Å². The van der Waals surface area contributed by atoms with Gasteiger partial charge in [-0.25, -0.2) is 4.79 Å². The molecule has 5 rings (SSSR count). The van der Waals surface area contributed by atoms with E-state index in [4.69, 9.17) is 4.74 Å². The van der Waals surface area contributed by atoms with Gasteiger partial charge in [0.2, 0.25) is 0 Å². The molecule has 0 fully saturated rings. The highest BCUT2D eigenvalue weighted by Gasteiger charge is 2.49. The van der Waals surface area contributed by atoms with Crippen molar-refractivity contribution in [2.75, 3.05) is 6.54 Å². The van der Waals surface area contributed by atoms with Gasteiger partial charge >= 0.3 is 5.97 Å². The SMILES string of the molecule is CCCN1C2=C(C(=O)CC(C)(C)C2)C(c2cc(Br)ccc2OCc2ccc(C(=O)O)cc2)C2=C1CC(C)(C)CC2=O. The van der Waals surface area contributed by atoms with Gasteiger partial charge in [0, 0.05) is 57.9 Å². The lowest BCUT2D eigenvalue weighted by molar-refractivity contribution is -0.119. The number of allylic oxidation sites excluding steroid dienone is 4. The van der Waals surface area contributed by atoms with Crippen LogP contribution in [0.15, 0.2) is 69.5 Å². The number of halogens is 1. The molecule has 2 aromatic rings. The second kappa shape index (κ2) is 10.9. The lowest BCUT2D eigenvalue weighted by Gasteiger charge is -2.49. The van der Waals surface area contributed by atoms with Crippen molar-refractivity contribution in [2.45, 2.75) is 79.2 Å². The highest BCUT2D eigenvalue weighted by molar-refractivity contribution is 9.10. The molecule has 0 radical (unpaired) electrons. The summed E-state index contributed by atoms with van der Waals surface area (Å²) in [5.41, 5.74) is 5.08. The third-order valence-electron chi connectivity index (χ3n) is 8.35. The molecule has 1 N–H and O–H groups in total. The van der Waals surface area contributed by atoms with Crippen molar-refractivity contribution in [2.24, 2.45) is 10.8 Å². The number of Topliss-reactive ketones (excluding diaryl/α,β-unsaturated/α-hetero) is 2. The molecular formula is C34H38BrNO5. The zero-order valence-corrected chi connectivity index (χ0v) is 26.1. The van der Waals surface area contributed by atoms with Gasteiger partial charge in [-0.2, -0.15) is 0 Å². The summed E-state index contributed by atoms with van der Waals surface area (Å²) >= 11 is 3.64. The number of ether oxygens (including phenoxy) is 1. The minimum atomic E-state index is -0.976. The predicted octanol–water partition coefficient (Wildman–Crippen LogP) is 7.82. The zero-order chi connectivity index (χ0) is 29.7. The van der Waals surface area contributed by atoms with E-state index in [0.717, 1.165) is 63.9 Å². The Hall–Kier alpha value is -3.19. The molecule has 0 unspecified atom stereocenters. The minimum absolute atomic E-state index is 0.0988. The Morgan fingerprint density at radius 3 is 2.00 bits per heavy atom. The summed E-state index contributed by atoms with van der Waals surface area (Å²) < 4.78 is 7.21. The number of carbonyl (C=O) groups is 3. The first kappa shape index (κ1) is 29.3. The molecule has 0 aromatic heterocycles. The number of hydrogen-bond acceptors (Lipinski definition) is 5. The second-order valence-electron chi connectivity index (χ2n) is 13.2. The smallest absolute Gasteiger partial charge is 0.335 e. The van der Waals surface area contributed by atoms with Crippen molar-refractivity contribution in [3.8, 4) is 5.75 Å². The Morgan fingerprint density at radius 2 is 1.49 bits per heavy atom. The molecule has 1 aliphatic heterocycles. The maximum Gasteiger partial charge on any atom is 0.335 e. The van der Waals surface area contributed by atoms with Gasteiger partial charge in [-0.15, -0.1) is 0 Å². The molecule has 0 amide bonds. The fourth-order valence-corrected chi connectivity index (χ4v) is 7.01. The molecule has 3 aliphatic rings. The van der Waals surface area contributed by atoms with E-state index < -0.39 is 11.9 Å². The van der Waals surface area contributed by atoms with Gasteiger partial charge in [0.05, 0.1) is 5.56 Å². The highest BCUT2D eigenvalue weighted by Crippen LogP contribution is 2.55. The molecule has 0 atom stereocenters. The third kappa shape index (κ3) is 5.78. The third-order valence-corrected chi connectivity index (χ3v) is 8.84. The minimum Gasteiger partial charge on any atom is -0.489 e. The molecule has 7 heteroatoms. The van der Waals surface area contributed by atoms with Crippen molar-refractivity contribution in [3.05, 3.63) is 86.2 Å². The van der Waals surface area contributed by atoms with Gasteiger partial charge in [0.15, 0.2) is 11.6 Å². The quantitative estimate of drug-likeness (QED) is 0.340. The Morgan fingerprint density at radius 1 is 0.927 bits per heavy atom. The molecule has 0 saturated heterocycles. The topological polar surface area (TPSA) is 83.9 Å². The lowest BCUT2D eigenvalue weighted by atomic mass is 9.63. The summed E-state index contributed by atoms with van der Waals surface area (Å²) in [6, 6.07) is 12.4. The number of carboxylic acid groups (broad SMARTS) is 1. The Bertz CT molecular complexity index is 1430. The average molecular weight is 621 g/mol. The van der Waals surface area contributed by atoms with Crippen LogP contribution in [0.4, 0.5) is 0 Å². The summed E-state index contributed by atoms with van der Waals surface area (Å²) in [5, 5.41) is 9.24. The van der Waals surface area contributed by atoms with Crippen LogP contribution < -0.4 is 4.74 Å². The van der Waals surface area contributed by atoms with Gasteiger partial charge in [0.25, 0.3) is 0 Å².